The molecule has 0 bridgehead atoms. The molecule has 0 radical (unpaired) electrons. The highest BCUT2D eigenvalue weighted by molar-refractivity contribution is 7.12. The van der Waals surface area contributed by atoms with Crippen molar-refractivity contribution in [3.63, 3.8) is 0 Å². The molecular weight excluding hydrogens is 421 g/mol. The summed E-state index contributed by atoms with van der Waals surface area (Å²) in [6.07, 6.45) is 0. The highest BCUT2D eigenvalue weighted by atomic mass is 32.1. The summed E-state index contributed by atoms with van der Waals surface area (Å²) in [6, 6.07) is 18.5. The van der Waals surface area contributed by atoms with Crippen LogP contribution in [0.25, 0.3) is 22.2 Å². The maximum absolute atomic E-state index is 13.9. The Bertz CT molecular complexity index is 1240. The zero-order valence-electron chi connectivity index (χ0n) is 18.5. The van der Waals surface area contributed by atoms with Crippen molar-refractivity contribution in [2.24, 2.45) is 0 Å². The van der Waals surface area contributed by atoms with Gasteiger partial charge in [-0.05, 0) is 61.8 Å². The van der Waals surface area contributed by atoms with E-state index in [4.69, 9.17) is 4.98 Å². The molecule has 6 heteroatoms. The number of halogens is 1. The molecule has 0 unspecified atom stereocenters. The van der Waals surface area contributed by atoms with Gasteiger partial charge in [-0.2, -0.15) is 0 Å². The van der Waals surface area contributed by atoms with Gasteiger partial charge in [-0.3, -0.25) is 4.79 Å². The number of nitrogens with zero attached hydrogens (tertiary/aromatic N) is 3. The van der Waals surface area contributed by atoms with Crippen LogP contribution < -0.4 is 0 Å². The molecule has 0 atom stereocenters. The fraction of sp³-hybridized carbons (Fsp3) is 0.231. The van der Waals surface area contributed by atoms with Crippen LogP contribution in [0.2, 0.25) is 0 Å². The molecule has 2 heterocycles. The molecular formula is C26H26FN3OS. The summed E-state index contributed by atoms with van der Waals surface area (Å²) in [5, 5.41) is 2.78. The zero-order valence-corrected chi connectivity index (χ0v) is 19.3. The van der Waals surface area contributed by atoms with Crippen LogP contribution in [0, 0.1) is 12.7 Å². The normalized spacial score (nSPS) is 11.3. The largest absolute Gasteiger partial charge is 0.332 e. The van der Waals surface area contributed by atoms with Crippen LogP contribution in [0.15, 0.2) is 66.0 Å². The summed E-state index contributed by atoms with van der Waals surface area (Å²) in [7, 11) is 4.00. The van der Waals surface area contributed by atoms with Gasteiger partial charge in [0.25, 0.3) is 5.91 Å². The first-order valence-corrected chi connectivity index (χ1v) is 11.4. The van der Waals surface area contributed by atoms with E-state index in [9.17, 15) is 9.18 Å². The van der Waals surface area contributed by atoms with Gasteiger partial charge in [0, 0.05) is 36.7 Å². The van der Waals surface area contributed by atoms with Crippen molar-refractivity contribution in [2.45, 2.75) is 13.5 Å². The van der Waals surface area contributed by atoms with E-state index >= 15 is 0 Å². The minimum atomic E-state index is -0.311. The van der Waals surface area contributed by atoms with E-state index in [1.54, 1.807) is 6.07 Å². The first kappa shape index (κ1) is 22.1. The van der Waals surface area contributed by atoms with Crippen molar-refractivity contribution in [2.75, 3.05) is 27.2 Å². The lowest BCUT2D eigenvalue weighted by Gasteiger charge is -2.25. The molecule has 0 aliphatic heterocycles. The molecule has 32 heavy (non-hydrogen) atoms. The van der Waals surface area contributed by atoms with Crippen LogP contribution in [-0.2, 0) is 6.54 Å². The second kappa shape index (κ2) is 9.59. The fourth-order valence-electron chi connectivity index (χ4n) is 3.71. The van der Waals surface area contributed by atoms with Gasteiger partial charge in [-0.1, -0.05) is 30.3 Å². The maximum atomic E-state index is 13.9. The fourth-order valence-corrected chi connectivity index (χ4v) is 4.40. The van der Waals surface area contributed by atoms with Crippen LogP contribution in [0.5, 0.6) is 0 Å². The third kappa shape index (κ3) is 4.87. The zero-order chi connectivity index (χ0) is 22.7. The summed E-state index contributed by atoms with van der Waals surface area (Å²) < 4.78 is 13.9. The van der Waals surface area contributed by atoms with E-state index in [-0.39, 0.29) is 11.7 Å². The Morgan fingerprint density at radius 1 is 1.03 bits per heavy atom. The van der Waals surface area contributed by atoms with Crippen LogP contribution in [-0.4, -0.2) is 47.9 Å². The van der Waals surface area contributed by atoms with Gasteiger partial charge in [0.15, 0.2) is 0 Å². The highest BCUT2D eigenvalue weighted by Crippen LogP contribution is 2.30. The van der Waals surface area contributed by atoms with Gasteiger partial charge in [0.05, 0.1) is 16.1 Å². The molecule has 0 aliphatic carbocycles. The molecule has 0 saturated heterocycles. The number of hydrogen-bond acceptors (Lipinski definition) is 4. The van der Waals surface area contributed by atoms with Crippen LogP contribution in [0.4, 0.5) is 4.39 Å². The number of rotatable bonds is 7. The number of likely N-dealkylation sites (N-methyl/N-ethyl adjacent to an activating group) is 1. The molecule has 4 rings (SSSR count). The lowest BCUT2D eigenvalue weighted by atomic mass is 9.99. The van der Waals surface area contributed by atoms with Crippen molar-refractivity contribution in [3.8, 4) is 11.3 Å². The van der Waals surface area contributed by atoms with Gasteiger partial charge in [0.2, 0.25) is 0 Å². The van der Waals surface area contributed by atoms with Crippen molar-refractivity contribution in [1.82, 2.24) is 14.8 Å². The molecule has 164 valence electrons. The summed E-state index contributed by atoms with van der Waals surface area (Å²) in [4.78, 5) is 22.8. The van der Waals surface area contributed by atoms with Crippen molar-refractivity contribution < 1.29 is 9.18 Å². The van der Waals surface area contributed by atoms with Gasteiger partial charge < -0.3 is 9.80 Å². The van der Waals surface area contributed by atoms with E-state index in [1.807, 2.05) is 73.8 Å². The van der Waals surface area contributed by atoms with E-state index in [1.165, 1.54) is 23.5 Å². The number of aryl methyl sites for hydroxylation is 1. The Morgan fingerprint density at radius 3 is 2.56 bits per heavy atom. The third-order valence-corrected chi connectivity index (χ3v) is 6.31. The average molecular weight is 448 g/mol. The Labute approximate surface area is 191 Å². The first-order chi connectivity index (χ1) is 15.4. The molecule has 2 aromatic heterocycles. The number of hydrogen-bond donors (Lipinski definition) is 0. The second-order valence-corrected chi connectivity index (χ2v) is 9.10. The van der Waals surface area contributed by atoms with E-state index in [0.29, 0.717) is 18.6 Å². The summed E-state index contributed by atoms with van der Waals surface area (Å²) in [5.74, 6) is -0.300. The molecule has 4 aromatic rings. The first-order valence-electron chi connectivity index (χ1n) is 10.5. The van der Waals surface area contributed by atoms with Crippen molar-refractivity contribution in [3.05, 3.63) is 87.9 Å². The Morgan fingerprint density at radius 2 is 1.84 bits per heavy atom. The van der Waals surface area contributed by atoms with Crippen LogP contribution in [0.3, 0.4) is 0 Å². The lowest BCUT2D eigenvalue weighted by Crippen LogP contribution is -2.36. The van der Waals surface area contributed by atoms with Crippen molar-refractivity contribution >= 4 is 28.1 Å². The number of benzene rings is 2. The van der Waals surface area contributed by atoms with Crippen molar-refractivity contribution in [1.29, 1.82) is 0 Å². The Kier molecular flexibility index (Phi) is 6.63. The van der Waals surface area contributed by atoms with E-state index in [0.717, 1.165) is 39.2 Å². The number of carbonyl (C=O) groups is 1. The molecule has 0 saturated carbocycles. The van der Waals surface area contributed by atoms with Gasteiger partial charge in [-0.15, -0.1) is 11.3 Å². The van der Waals surface area contributed by atoms with E-state index in [2.05, 4.69) is 4.90 Å². The second-order valence-electron chi connectivity index (χ2n) is 8.16. The third-order valence-electron chi connectivity index (χ3n) is 5.46. The molecule has 0 fully saturated rings. The number of fused-ring (bicyclic) bond motifs is 1. The summed E-state index contributed by atoms with van der Waals surface area (Å²) in [6.45, 7) is 3.81. The van der Waals surface area contributed by atoms with Gasteiger partial charge in [0.1, 0.15) is 5.82 Å². The minimum Gasteiger partial charge on any atom is -0.332 e. The molecule has 4 nitrogen and oxygen atoms in total. The highest BCUT2D eigenvalue weighted by Gasteiger charge is 2.20. The predicted molar refractivity (Wildman–Crippen MR) is 129 cm³/mol. The predicted octanol–water partition coefficient (Wildman–Crippen LogP) is 5.61. The summed E-state index contributed by atoms with van der Waals surface area (Å²) >= 11 is 1.45. The summed E-state index contributed by atoms with van der Waals surface area (Å²) in [5.41, 5.74) is 4.42. The number of thiophene rings is 1. The topological polar surface area (TPSA) is 36.4 Å². The van der Waals surface area contributed by atoms with Crippen LogP contribution in [0.1, 0.15) is 20.8 Å². The van der Waals surface area contributed by atoms with Gasteiger partial charge >= 0.3 is 0 Å². The smallest absolute Gasteiger partial charge is 0.264 e. The van der Waals surface area contributed by atoms with Gasteiger partial charge in [-0.25, -0.2) is 9.37 Å². The monoisotopic (exact) mass is 447 g/mol. The molecule has 0 spiro atoms. The molecule has 0 N–H and O–H groups in total. The maximum Gasteiger partial charge on any atom is 0.264 e. The molecule has 1 amide bonds. The molecule has 0 aliphatic rings. The number of pyridine rings is 1. The number of aromatic nitrogens is 1. The Hall–Kier alpha value is -3.09. The van der Waals surface area contributed by atoms with E-state index < -0.39 is 0 Å². The average Bonchev–Trinajstić information content (AvgIpc) is 3.31. The minimum absolute atomic E-state index is 0.0109. The SMILES string of the molecule is Cc1ccccc1-c1nc2cc(F)ccc2cc1CN(CCN(C)C)C(=O)c1cccs1. The standard InChI is InChI=1S/C26H26FN3OS/c1-18-7-4-5-8-22(18)25-20(15-19-10-11-21(27)16-23(19)28-25)17-30(13-12-29(2)3)26(31)24-9-6-14-32-24/h4-11,14-16H,12-13,17H2,1-3H3. The van der Waals surface area contributed by atoms with Crippen LogP contribution >= 0.6 is 11.3 Å². The number of carbonyl (C=O) groups excluding carboxylic acids is 1. The molecule has 2 aromatic carbocycles. The Balaban J connectivity index is 1.81. The quantitative estimate of drug-likeness (QED) is 0.369. The number of amides is 1. The lowest BCUT2D eigenvalue weighted by molar-refractivity contribution is 0.0737.